The molecule has 9 heteroatoms. The van der Waals surface area contributed by atoms with Gasteiger partial charge in [0.15, 0.2) is 6.61 Å². The zero-order valence-electron chi connectivity index (χ0n) is 15.6. The normalized spacial score (nSPS) is 19.0. The Kier molecular flexibility index (Phi) is 4.29. The largest absolute Gasteiger partial charge is 0.482 e. The van der Waals surface area contributed by atoms with E-state index in [1.54, 1.807) is 30.6 Å². The maximum absolute atomic E-state index is 13.4. The van der Waals surface area contributed by atoms with E-state index in [2.05, 4.69) is 15.6 Å². The number of rotatable bonds is 4. The Labute approximate surface area is 167 Å². The molecule has 1 fully saturated rings. The Balaban J connectivity index is 1.58. The topological polar surface area (TPSA) is 102 Å². The van der Waals surface area contributed by atoms with Crippen LogP contribution in [0, 0.1) is 0 Å². The number of benzene rings is 1. The van der Waals surface area contributed by atoms with E-state index in [0.717, 1.165) is 31.4 Å². The lowest BCUT2D eigenvalue weighted by Crippen LogP contribution is -2.25. The molecule has 4 heterocycles. The van der Waals surface area contributed by atoms with Gasteiger partial charge < -0.3 is 15.4 Å². The highest BCUT2D eigenvalue weighted by Crippen LogP contribution is 2.32. The van der Waals surface area contributed by atoms with Crippen LogP contribution in [0.2, 0.25) is 0 Å². The maximum Gasteiger partial charge on any atom is 0.268 e. The van der Waals surface area contributed by atoms with Crippen LogP contribution in [0.5, 0.6) is 5.75 Å². The van der Waals surface area contributed by atoms with Gasteiger partial charge in [-0.1, -0.05) is 0 Å². The highest BCUT2D eigenvalue weighted by molar-refractivity contribution is 7.90. The number of ether oxygens (including phenoxy) is 1. The molecule has 0 spiro atoms. The minimum Gasteiger partial charge on any atom is -0.482 e. The molecule has 2 aliphatic rings. The SMILES string of the molecule is O=C1COc2cc(S(=O)(=O)n3cc(CC4CCCN4)c4ncccc43)ccc2N1. The number of carbonyl (C=O) groups excluding carboxylic acids is 1. The van der Waals surface area contributed by atoms with Gasteiger partial charge >= 0.3 is 0 Å². The molecule has 1 unspecified atom stereocenters. The van der Waals surface area contributed by atoms with Gasteiger partial charge in [-0.2, -0.15) is 0 Å². The van der Waals surface area contributed by atoms with Gasteiger partial charge in [-0.3, -0.25) is 9.78 Å². The Morgan fingerprint density at radius 3 is 3.00 bits per heavy atom. The lowest BCUT2D eigenvalue weighted by Gasteiger charge is -2.18. The maximum atomic E-state index is 13.4. The van der Waals surface area contributed by atoms with Crippen LogP contribution >= 0.6 is 0 Å². The van der Waals surface area contributed by atoms with Gasteiger partial charge in [-0.25, -0.2) is 12.4 Å². The molecule has 3 aromatic rings. The van der Waals surface area contributed by atoms with Crippen molar-refractivity contribution < 1.29 is 17.9 Å². The van der Waals surface area contributed by atoms with Crippen LogP contribution in [0.4, 0.5) is 5.69 Å². The summed E-state index contributed by atoms with van der Waals surface area (Å²) >= 11 is 0. The molecule has 2 aromatic heterocycles. The second kappa shape index (κ2) is 6.85. The molecule has 8 nitrogen and oxygen atoms in total. The summed E-state index contributed by atoms with van der Waals surface area (Å²) in [7, 11) is -3.86. The number of carbonyl (C=O) groups is 1. The second-order valence-corrected chi connectivity index (χ2v) is 9.13. The van der Waals surface area contributed by atoms with Crippen LogP contribution in [-0.2, 0) is 21.2 Å². The molecule has 29 heavy (non-hydrogen) atoms. The standard InChI is InChI=1S/C20H20N4O4S/c25-19-12-28-18-10-15(5-6-16(18)23-19)29(26,27)24-11-13(9-14-3-1-7-21-14)20-17(24)4-2-8-22-20/h2,4-6,8,10-11,14,21H,1,3,7,9,12H2,(H,23,25). The molecule has 0 radical (unpaired) electrons. The molecule has 150 valence electrons. The van der Waals surface area contributed by atoms with Crippen molar-refractivity contribution in [3.05, 3.63) is 48.3 Å². The molecule has 1 aromatic carbocycles. The minimum absolute atomic E-state index is 0.0960. The van der Waals surface area contributed by atoms with E-state index < -0.39 is 10.0 Å². The lowest BCUT2D eigenvalue weighted by molar-refractivity contribution is -0.118. The summed E-state index contributed by atoms with van der Waals surface area (Å²) in [6.07, 6.45) is 6.28. The van der Waals surface area contributed by atoms with Crippen LogP contribution < -0.4 is 15.4 Å². The van der Waals surface area contributed by atoms with Crippen LogP contribution in [-0.4, -0.2) is 42.5 Å². The quantitative estimate of drug-likeness (QED) is 0.679. The zero-order valence-corrected chi connectivity index (χ0v) is 16.4. The fraction of sp³-hybridized carbons (Fsp3) is 0.300. The third-order valence-electron chi connectivity index (χ3n) is 5.37. The summed E-state index contributed by atoms with van der Waals surface area (Å²) < 4.78 is 33.5. The van der Waals surface area contributed by atoms with Gasteiger partial charge in [0, 0.05) is 24.5 Å². The van der Waals surface area contributed by atoms with Crippen molar-refractivity contribution in [1.82, 2.24) is 14.3 Å². The third-order valence-corrected chi connectivity index (χ3v) is 7.04. The van der Waals surface area contributed by atoms with Gasteiger partial charge in [-0.05, 0) is 55.6 Å². The van der Waals surface area contributed by atoms with Gasteiger partial charge in [0.05, 0.1) is 21.6 Å². The van der Waals surface area contributed by atoms with Gasteiger partial charge in [0.25, 0.3) is 15.9 Å². The Bertz CT molecular complexity index is 1210. The van der Waals surface area contributed by atoms with E-state index in [0.29, 0.717) is 28.5 Å². The first-order valence-electron chi connectivity index (χ1n) is 9.53. The van der Waals surface area contributed by atoms with E-state index >= 15 is 0 Å². The van der Waals surface area contributed by atoms with Crippen molar-refractivity contribution in [3.8, 4) is 5.75 Å². The number of nitrogens with one attached hydrogen (secondary N) is 2. The average Bonchev–Trinajstić information content (AvgIpc) is 3.36. The number of pyridine rings is 1. The van der Waals surface area contributed by atoms with E-state index in [9.17, 15) is 13.2 Å². The highest BCUT2D eigenvalue weighted by atomic mass is 32.2. The Hall–Kier alpha value is -2.91. The van der Waals surface area contributed by atoms with Crippen LogP contribution in [0.1, 0.15) is 18.4 Å². The number of amides is 1. The first-order valence-corrected chi connectivity index (χ1v) is 11.0. The van der Waals surface area contributed by atoms with Gasteiger partial charge in [0.1, 0.15) is 5.75 Å². The van der Waals surface area contributed by atoms with E-state index in [1.807, 2.05) is 0 Å². The van der Waals surface area contributed by atoms with Crippen LogP contribution in [0.25, 0.3) is 11.0 Å². The van der Waals surface area contributed by atoms with Crippen molar-refractivity contribution in [2.45, 2.75) is 30.2 Å². The minimum atomic E-state index is -3.86. The molecule has 0 saturated carbocycles. The molecule has 0 aliphatic carbocycles. The van der Waals surface area contributed by atoms with Crippen molar-refractivity contribution >= 4 is 32.7 Å². The molecule has 1 saturated heterocycles. The fourth-order valence-corrected chi connectivity index (χ4v) is 5.36. The fourth-order valence-electron chi connectivity index (χ4n) is 3.97. The van der Waals surface area contributed by atoms with Crippen molar-refractivity contribution in [2.24, 2.45) is 0 Å². The molecule has 2 N–H and O–H groups in total. The average molecular weight is 412 g/mol. The number of hydrogen-bond acceptors (Lipinski definition) is 6. The summed E-state index contributed by atoms with van der Waals surface area (Å²) in [6.45, 7) is 0.853. The van der Waals surface area contributed by atoms with E-state index in [1.165, 1.54) is 16.1 Å². The van der Waals surface area contributed by atoms with Gasteiger partial charge in [-0.15, -0.1) is 0 Å². The highest BCUT2D eigenvalue weighted by Gasteiger charge is 2.26. The summed E-state index contributed by atoms with van der Waals surface area (Å²) in [6, 6.07) is 8.30. The van der Waals surface area contributed by atoms with Crippen molar-refractivity contribution in [1.29, 1.82) is 0 Å². The molecule has 0 bridgehead atoms. The molecular weight excluding hydrogens is 392 g/mol. The summed E-state index contributed by atoms with van der Waals surface area (Å²) in [5, 5.41) is 6.12. The number of aromatic nitrogens is 2. The van der Waals surface area contributed by atoms with Crippen molar-refractivity contribution in [3.63, 3.8) is 0 Å². The Morgan fingerprint density at radius 2 is 2.17 bits per heavy atom. The zero-order chi connectivity index (χ0) is 20.0. The molecule has 1 atom stereocenters. The first-order chi connectivity index (χ1) is 14.0. The molecule has 1 amide bonds. The first kappa shape index (κ1) is 18.1. The second-order valence-electron chi connectivity index (χ2n) is 7.32. The third kappa shape index (κ3) is 3.16. The monoisotopic (exact) mass is 412 g/mol. The van der Waals surface area contributed by atoms with Gasteiger partial charge in [0.2, 0.25) is 0 Å². The van der Waals surface area contributed by atoms with E-state index in [-0.39, 0.29) is 17.4 Å². The summed E-state index contributed by atoms with van der Waals surface area (Å²) in [5.41, 5.74) is 2.62. The van der Waals surface area contributed by atoms with Crippen molar-refractivity contribution in [2.75, 3.05) is 18.5 Å². The molecule has 2 aliphatic heterocycles. The van der Waals surface area contributed by atoms with Crippen LogP contribution in [0.15, 0.2) is 47.6 Å². The van der Waals surface area contributed by atoms with Crippen LogP contribution in [0.3, 0.4) is 0 Å². The molecule has 5 rings (SSSR count). The predicted octanol–water partition coefficient (Wildman–Crippen LogP) is 1.90. The number of hydrogen-bond donors (Lipinski definition) is 2. The molecular formula is C20H20N4O4S. The smallest absolute Gasteiger partial charge is 0.268 e. The predicted molar refractivity (Wildman–Crippen MR) is 108 cm³/mol. The summed E-state index contributed by atoms with van der Waals surface area (Å²) in [4.78, 5) is 16.0. The lowest BCUT2D eigenvalue weighted by atomic mass is 10.1. The number of anilines is 1. The number of fused-ring (bicyclic) bond motifs is 2. The van der Waals surface area contributed by atoms with E-state index in [4.69, 9.17) is 4.74 Å². The summed E-state index contributed by atoms with van der Waals surface area (Å²) in [5.74, 6) is 0.0800. The number of nitrogens with zero attached hydrogens (tertiary/aromatic N) is 2. The Morgan fingerprint density at radius 1 is 1.28 bits per heavy atom.